The molecule has 6 nitrogen and oxygen atoms in total. The summed E-state index contributed by atoms with van der Waals surface area (Å²) in [7, 11) is 0. The lowest BCUT2D eigenvalue weighted by Crippen LogP contribution is -2.23. The molecule has 1 aromatic carbocycles. The van der Waals surface area contributed by atoms with Crippen LogP contribution in [-0.4, -0.2) is 21.0 Å². The summed E-state index contributed by atoms with van der Waals surface area (Å²) in [6, 6.07) is 10.3. The Morgan fingerprint density at radius 1 is 1.30 bits per heavy atom. The predicted octanol–water partition coefficient (Wildman–Crippen LogP) is 2.58. The maximum Gasteiger partial charge on any atom is 0.293 e. The van der Waals surface area contributed by atoms with Gasteiger partial charge in [-0.3, -0.25) is 4.79 Å². The van der Waals surface area contributed by atoms with Crippen molar-refractivity contribution in [3.05, 3.63) is 59.5 Å². The van der Waals surface area contributed by atoms with Crippen LogP contribution in [0.25, 0.3) is 11.3 Å². The molecule has 20 heavy (non-hydrogen) atoms. The highest BCUT2D eigenvalue weighted by Crippen LogP contribution is 2.23. The quantitative estimate of drug-likeness (QED) is 0.804. The Hall–Kier alpha value is -2.60. The first-order chi connectivity index (χ1) is 9.72. The second kappa shape index (κ2) is 5.18. The maximum absolute atomic E-state index is 11.9. The van der Waals surface area contributed by atoms with E-state index >= 15 is 0 Å². The number of carbonyl (C=O) groups excluding carboxylic acids is 1. The highest BCUT2D eigenvalue weighted by atomic mass is 35.5. The number of rotatable bonds is 3. The summed E-state index contributed by atoms with van der Waals surface area (Å²) in [6.07, 6.45) is 3.16. The zero-order chi connectivity index (χ0) is 13.9. The molecule has 0 bridgehead atoms. The Bertz CT molecular complexity index is 736. The van der Waals surface area contributed by atoms with E-state index in [-0.39, 0.29) is 5.69 Å². The van der Waals surface area contributed by atoms with Crippen LogP contribution < -0.4 is 5.43 Å². The van der Waals surface area contributed by atoms with Gasteiger partial charge in [0.15, 0.2) is 11.5 Å². The number of aromatic nitrogens is 3. The first kappa shape index (κ1) is 12.4. The highest BCUT2D eigenvalue weighted by Gasteiger charge is 2.14. The SMILES string of the molecule is O=C(Nn1cccn1)c1cc(-c2cccc(Cl)c2)on1. The van der Waals surface area contributed by atoms with Gasteiger partial charge >= 0.3 is 0 Å². The van der Waals surface area contributed by atoms with E-state index < -0.39 is 5.91 Å². The fraction of sp³-hybridized carbons (Fsp3) is 0. The van der Waals surface area contributed by atoms with Crippen molar-refractivity contribution in [2.75, 3.05) is 5.43 Å². The number of hydrogen-bond donors (Lipinski definition) is 1. The van der Waals surface area contributed by atoms with E-state index in [1.165, 1.54) is 4.79 Å². The minimum atomic E-state index is -0.411. The third-order valence-electron chi connectivity index (χ3n) is 2.57. The number of nitrogens with zero attached hydrogens (tertiary/aromatic N) is 3. The molecular formula is C13H9ClN4O2. The molecule has 0 fully saturated rings. The topological polar surface area (TPSA) is 73.0 Å². The molecular weight excluding hydrogens is 280 g/mol. The normalized spacial score (nSPS) is 10.4. The zero-order valence-corrected chi connectivity index (χ0v) is 10.9. The van der Waals surface area contributed by atoms with E-state index in [1.807, 2.05) is 6.07 Å². The summed E-state index contributed by atoms with van der Waals surface area (Å²) >= 11 is 5.91. The molecule has 0 spiro atoms. The highest BCUT2D eigenvalue weighted by molar-refractivity contribution is 6.30. The van der Waals surface area contributed by atoms with Gasteiger partial charge in [-0.15, -0.1) is 0 Å². The molecule has 0 aliphatic rings. The summed E-state index contributed by atoms with van der Waals surface area (Å²) in [5.74, 6) is 0.0591. The van der Waals surface area contributed by atoms with Crippen molar-refractivity contribution < 1.29 is 9.32 Å². The van der Waals surface area contributed by atoms with Crippen molar-refractivity contribution >= 4 is 17.5 Å². The second-order valence-electron chi connectivity index (χ2n) is 3.98. The van der Waals surface area contributed by atoms with Gasteiger partial charge < -0.3 is 4.52 Å². The molecule has 1 N–H and O–H groups in total. The van der Waals surface area contributed by atoms with Gasteiger partial charge in [0.1, 0.15) is 0 Å². The Labute approximate surface area is 118 Å². The van der Waals surface area contributed by atoms with Crippen LogP contribution in [0.3, 0.4) is 0 Å². The number of carbonyl (C=O) groups is 1. The molecule has 0 unspecified atom stereocenters. The summed E-state index contributed by atoms with van der Waals surface area (Å²) < 4.78 is 5.15. The van der Waals surface area contributed by atoms with Gasteiger partial charge in [-0.05, 0) is 18.2 Å². The van der Waals surface area contributed by atoms with Crippen molar-refractivity contribution in [1.82, 2.24) is 15.0 Å². The van der Waals surface area contributed by atoms with Gasteiger partial charge in [-0.2, -0.15) is 9.89 Å². The molecule has 0 saturated carbocycles. The molecule has 3 aromatic rings. The third kappa shape index (κ3) is 2.55. The monoisotopic (exact) mass is 288 g/mol. The van der Waals surface area contributed by atoms with Crippen LogP contribution >= 0.6 is 11.6 Å². The van der Waals surface area contributed by atoms with Crippen molar-refractivity contribution in [2.45, 2.75) is 0 Å². The van der Waals surface area contributed by atoms with E-state index in [4.69, 9.17) is 16.1 Å². The number of benzene rings is 1. The van der Waals surface area contributed by atoms with Crippen LogP contribution in [0.1, 0.15) is 10.5 Å². The van der Waals surface area contributed by atoms with Gasteiger partial charge in [0.25, 0.3) is 5.91 Å². The van der Waals surface area contributed by atoms with Crippen molar-refractivity contribution in [3.8, 4) is 11.3 Å². The van der Waals surface area contributed by atoms with E-state index in [0.717, 1.165) is 5.56 Å². The largest absolute Gasteiger partial charge is 0.355 e. The average molecular weight is 289 g/mol. The molecule has 2 aromatic heterocycles. The third-order valence-corrected chi connectivity index (χ3v) is 2.81. The van der Waals surface area contributed by atoms with Gasteiger partial charge in [-0.25, -0.2) is 5.43 Å². The maximum atomic E-state index is 11.9. The minimum absolute atomic E-state index is 0.162. The van der Waals surface area contributed by atoms with Crippen LogP contribution in [0.4, 0.5) is 0 Å². The van der Waals surface area contributed by atoms with Gasteiger partial charge in [0, 0.05) is 22.8 Å². The Kier molecular flexibility index (Phi) is 3.22. The smallest absolute Gasteiger partial charge is 0.293 e. The lowest BCUT2D eigenvalue weighted by molar-refractivity contribution is 0.0996. The molecule has 0 aliphatic heterocycles. The van der Waals surface area contributed by atoms with E-state index in [2.05, 4.69) is 15.7 Å². The molecule has 100 valence electrons. The van der Waals surface area contributed by atoms with Crippen LogP contribution in [-0.2, 0) is 0 Å². The summed E-state index contributed by atoms with van der Waals surface area (Å²) in [5, 5.41) is 8.18. The van der Waals surface area contributed by atoms with Crippen LogP contribution in [0.5, 0.6) is 0 Å². The summed E-state index contributed by atoms with van der Waals surface area (Å²) in [4.78, 5) is 13.2. The molecule has 0 radical (unpaired) electrons. The second-order valence-corrected chi connectivity index (χ2v) is 4.41. The van der Waals surface area contributed by atoms with Crippen molar-refractivity contribution in [3.63, 3.8) is 0 Å². The van der Waals surface area contributed by atoms with Crippen LogP contribution in [0.15, 0.2) is 53.3 Å². The van der Waals surface area contributed by atoms with E-state index in [9.17, 15) is 4.79 Å². The molecule has 1 amide bonds. The average Bonchev–Trinajstić information content (AvgIpc) is 3.09. The van der Waals surface area contributed by atoms with Gasteiger partial charge in [0.2, 0.25) is 0 Å². The molecule has 0 saturated heterocycles. The first-order valence-corrected chi connectivity index (χ1v) is 6.14. The lowest BCUT2D eigenvalue weighted by atomic mass is 10.1. The Morgan fingerprint density at radius 3 is 2.95 bits per heavy atom. The van der Waals surface area contributed by atoms with Gasteiger partial charge in [0.05, 0.1) is 6.20 Å². The minimum Gasteiger partial charge on any atom is -0.355 e. The standard InChI is InChI=1S/C13H9ClN4O2/c14-10-4-1-3-9(7-10)12-8-11(17-20-12)13(19)16-18-6-2-5-15-18/h1-8H,(H,16,19). The molecule has 2 heterocycles. The van der Waals surface area contributed by atoms with E-state index in [1.54, 1.807) is 42.7 Å². The predicted molar refractivity (Wildman–Crippen MR) is 72.9 cm³/mol. The van der Waals surface area contributed by atoms with Crippen molar-refractivity contribution in [2.24, 2.45) is 0 Å². The fourth-order valence-corrected chi connectivity index (χ4v) is 1.85. The van der Waals surface area contributed by atoms with E-state index in [0.29, 0.717) is 10.8 Å². The number of nitrogens with one attached hydrogen (secondary N) is 1. The number of halogens is 1. The summed E-state index contributed by atoms with van der Waals surface area (Å²) in [6.45, 7) is 0. The van der Waals surface area contributed by atoms with Gasteiger partial charge in [-0.1, -0.05) is 28.9 Å². The summed E-state index contributed by atoms with van der Waals surface area (Å²) in [5.41, 5.74) is 3.45. The Balaban J connectivity index is 1.81. The van der Waals surface area contributed by atoms with Crippen molar-refractivity contribution in [1.29, 1.82) is 0 Å². The Morgan fingerprint density at radius 2 is 2.20 bits per heavy atom. The van der Waals surface area contributed by atoms with Crippen LogP contribution in [0.2, 0.25) is 5.02 Å². The molecule has 3 rings (SSSR count). The lowest BCUT2D eigenvalue weighted by Gasteiger charge is -2.00. The first-order valence-electron chi connectivity index (χ1n) is 5.76. The molecule has 0 aliphatic carbocycles. The number of hydrogen-bond acceptors (Lipinski definition) is 4. The van der Waals surface area contributed by atoms with Crippen LogP contribution in [0, 0.1) is 0 Å². The molecule has 0 atom stereocenters. The number of amides is 1. The zero-order valence-electron chi connectivity index (χ0n) is 10.2. The fourth-order valence-electron chi connectivity index (χ4n) is 1.66. The molecule has 7 heteroatoms.